The van der Waals surface area contributed by atoms with Crippen molar-refractivity contribution in [2.24, 2.45) is 11.7 Å². The zero-order chi connectivity index (χ0) is 27.4. The molecule has 202 valence electrons. The number of carbonyl (C=O) groups is 1. The molecule has 1 aromatic carbocycles. The Morgan fingerprint density at radius 3 is 2.76 bits per heavy atom. The molecule has 0 radical (unpaired) electrons. The minimum absolute atomic E-state index is 0.0703. The van der Waals surface area contributed by atoms with Crippen molar-refractivity contribution < 1.29 is 23.8 Å². The van der Waals surface area contributed by atoms with E-state index in [1.54, 1.807) is 36.7 Å². The standard InChI is InChI=1S/C29H35FN4O4/c1-5-17-11-18(12-22(31)28(17)35)20-9-10-32-15-25(20)34-29(36)24-8-6-7-23(33-24)27-21(30)13-19(38-16(2)3)14-26(27)37-4/h6-10,13-18,22,28,35H,5,11-12,31H2,1-4H3,(H,34,36)/t17-,18+,22+,28+/m0/s1. The first-order valence-electron chi connectivity index (χ1n) is 12.9. The Labute approximate surface area is 222 Å². The summed E-state index contributed by atoms with van der Waals surface area (Å²) in [5.41, 5.74) is 8.23. The van der Waals surface area contributed by atoms with Crippen molar-refractivity contribution in [3.63, 3.8) is 0 Å². The van der Waals surface area contributed by atoms with Crippen LogP contribution < -0.4 is 20.5 Å². The number of rotatable bonds is 8. The second-order valence-corrected chi connectivity index (χ2v) is 9.97. The Morgan fingerprint density at radius 1 is 1.26 bits per heavy atom. The van der Waals surface area contributed by atoms with E-state index < -0.39 is 17.8 Å². The number of amides is 1. The molecular weight excluding hydrogens is 487 g/mol. The number of nitrogens with two attached hydrogens (primary N) is 1. The van der Waals surface area contributed by atoms with Gasteiger partial charge in [-0.05, 0) is 62.3 Å². The molecule has 8 nitrogen and oxygen atoms in total. The van der Waals surface area contributed by atoms with Gasteiger partial charge in [0.2, 0.25) is 0 Å². The Morgan fingerprint density at radius 2 is 2.05 bits per heavy atom. The number of anilines is 1. The first kappa shape index (κ1) is 27.5. The first-order valence-corrected chi connectivity index (χ1v) is 12.9. The summed E-state index contributed by atoms with van der Waals surface area (Å²) in [5.74, 6) is -0.270. The van der Waals surface area contributed by atoms with Crippen LogP contribution in [0.5, 0.6) is 11.5 Å². The number of aliphatic hydroxyl groups excluding tert-OH is 1. The summed E-state index contributed by atoms with van der Waals surface area (Å²) < 4.78 is 26.2. The van der Waals surface area contributed by atoms with Crippen molar-refractivity contribution in [2.75, 3.05) is 12.4 Å². The van der Waals surface area contributed by atoms with Crippen molar-refractivity contribution in [3.8, 4) is 22.8 Å². The molecule has 0 spiro atoms. The molecule has 1 aliphatic rings. The highest BCUT2D eigenvalue weighted by atomic mass is 19.1. The molecule has 0 saturated heterocycles. The zero-order valence-electron chi connectivity index (χ0n) is 22.1. The Hall–Kier alpha value is -3.56. The van der Waals surface area contributed by atoms with Crippen LogP contribution in [0.15, 0.2) is 48.8 Å². The van der Waals surface area contributed by atoms with Gasteiger partial charge in [-0.3, -0.25) is 9.78 Å². The topological polar surface area (TPSA) is 120 Å². The van der Waals surface area contributed by atoms with Crippen LogP contribution in [0.1, 0.15) is 62.0 Å². The first-order chi connectivity index (χ1) is 18.2. The van der Waals surface area contributed by atoms with E-state index in [-0.39, 0.29) is 46.7 Å². The lowest BCUT2D eigenvalue weighted by molar-refractivity contribution is 0.0416. The lowest BCUT2D eigenvalue weighted by Gasteiger charge is -2.38. The van der Waals surface area contributed by atoms with E-state index in [1.165, 1.54) is 13.2 Å². The second-order valence-electron chi connectivity index (χ2n) is 9.97. The van der Waals surface area contributed by atoms with Gasteiger partial charge in [0.25, 0.3) is 5.91 Å². The molecule has 0 unspecified atom stereocenters. The number of nitrogens with one attached hydrogen (secondary N) is 1. The van der Waals surface area contributed by atoms with Gasteiger partial charge in [0, 0.05) is 24.4 Å². The van der Waals surface area contributed by atoms with Gasteiger partial charge < -0.3 is 25.6 Å². The number of pyridine rings is 2. The molecule has 4 atom stereocenters. The summed E-state index contributed by atoms with van der Waals surface area (Å²) in [4.78, 5) is 21.9. The van der Waals surface area contributed by atoms with Crippen LogP contribution in [-0.2, 0) is 0 Å². The zero-order valence-corrected chi connectivity index (χ0v) is 22.1. The van der Waals surface area contributed by atoms with Crippen molar-refractivity contribution in [2.45, 2.75) is 64.2 Å². The number of ether oxygens (including phenoxy) is 2. The van der Waals surface area contributed by atoms with Crippen LogP contribution in [0, 0.1) is 11.7 Å². The van der Waals surface area contributed by atoms with Crippen molar-refractivity contribution in [1.82, 2.24) is 9.97 Å². The fraction of sp³-hybridized carbons (Fsp3) is 0.414. The lowest BCUT2D eigenvalue weighted by Crippen LogP contribution is -2.45. The number of aliphatic hydroxyl groups is 1. The predicted octanol–water partition coefficient (Wildman–Crippen LogP) is 4.92. The summed E-state index contributed by atoms with van der Waals surface area (Å²) in [5, 5.41) is 13.4. The highest BCUT2D eigenvalue weighted by Gasteiger charge is 2.35. The molecule has 0 aliphatic heterocycles. The largest absolute Gasteiger partial charge is 0.496 e. The van der Waals surface area contributed by atoms with E-state index in [2.05, 4.69) is 15.3 Å². The maximum absolute atomic E-state index is 15.2. The van der Waals surface area contributed by atoms with E-state index >= 15 is 4.39 Å². The van der Waals surface area contributed by atoms with Crippen LogP contribution in [0.25, 0.3) is 11.3 Å². The summed E-state index contributed by atoms with van der Waals surface area (Å²) in [6, 6.07) is 9.25. The molecule has 0 bridgehead atoms. The molecule has 1 aliphatic carbocycles. The number of hydrogen-bond acceptors (Lipinski definition) is 7. The number of carbonyl (C=O) groups excluding carboxylic acids is 1. The molecule has 9 heteroatoms. The quantitative estimate of drug-likeness (QED) is 0.384. The van der Waals surface area contributed by atoms with Gasteiger partial charge in [-0.15, -0.1) is 0 Å². The molecular formula is C29H35FN4O4. The van der Waals surface area contributed by atoms with Gasteiger partial charge >= 0.3 is 0 Å². The van der Waals surface area contributed by atoms with Crippen molar-refractivity contribution >= 4 is 11.6 Å². The van der Waals surface area contributed by atoms with E-state index in [0.29, 0.717) is 17.9 Å². The number of methoxy groups -OCH3 is 1. The average molecular weight is 523 g/mol. The third kappa shape index (κ3) is 5.95. The smallest absolute Gasteiger partial charge is 0.274 e. The highest BCUT2D eigenvalue weighted by Crippen LogP contribution is 2.40. The molecule has 1 fully saturated rings. The van der Waals surface area contributed by atoms with E-state index in [4.69, 9.17) is 15.2 Å². The summed E-state index contributed by atoms with van der Waals surface area (Å²) >= 11 is 0. The maximum Gasteiger partial charge on any atom is 0.274 e. The van der Waals surface area contributed by atoms with Crippen LogP contribution in [0.4, 0.5) is 10.1 Å². The molecule has 4 rings (SSSR count). The number of halogens is 1. The van der Waals surface area contributed by atoms with Crippen LogP contribution in [0.2, 0.25) is 0 Å². The molecule has 2 heterocycles. The second kappa shape index (κ2) is 11.9. The van der Waals surface area contributed by atoms with Gasteiger partial charge in [-0.25, -0.2) is 9.37 Å². The van der Waals surface area contributed by atoms with Crippen LogP contribution >= 0.6 is 0 Å². The summed E-state index contributed by atoms with van der Waals surface area (Å²) in [7, 11) is 1.44. The van der Waals surface area contributed by atoms with Crippen molar-refractivity contribution in [3.05, 3.63) is 65.9 Å². The minimum Gasteiger partial charge on any atom is -0.496 e. The minimum atomic E-state index is -0.569. The Bertz CT molecular complexity index is 1290. The molecule has 3 aromatic rings. The number of benzene rings is 1. The third-order valence-electron chi connectivity index (χ3n) is 6.99. The lowest BCUT2D eigenvalue weighted by atomic mass is 9.73. The maximum atomic E-state index is 15.2. The summed E-state index contributed by atoms with van der Waals surface area (Å²) in [6.45, 7) is 5.74. The fourth-order valence-corrected chi connectivity index (χ4v) is 5.14. The molecule has 1 saturated carbocycles. The molecule has 1 amide bonds. The highest BCUT2D eigenvalue weighted by molar-refractivity contribution is 6.03. The monoisotopic (exact) mass is 522 g/mol. The summed E-state index contributed by atoms with van der Waals surface area (Å²) in [6.07, 6.45) is 4.81. The van der Waals surface area contributed by atoms with Crippen LogP contribution in [-0.4, -0.2) is 46.3 Å². The van der Waals surface area contributed by atoms with Gasteiger partial charge in [0.15, 0.2) is 0 Å². The van der Waals surface area contributed by atoms with E-state index in [9.17, 15) is 9.90 Å². The number of aromatic nitrogens is 2. The Balaban J connectivity index is 1.60. The fourth-order valence-electron chi connectivity index (χ4n) is 5.14. The van der Waals surface area contributed by atoms with E-state index in [1.807, 2.05) is 26.8 Å². The number of hydrogen-bond donors (Lipinski definition) is 3. The molecule has 38 heavy (non-hydrogen) atoms. The van der Waals surface area contributed by atoms with Gasteiger partial charge in [-0.2, -0.15) is 0 Å². The van der Waals surface area contributed by atoms with Gasteiger partial charge in [-0.1, -0.05) is 19.4 Å². The average Bonchev–Trinajstić information content (AvgIpc) is 2.89. The number of nitrogens with zero attached hydrogens (tertiary/aromatic N) is 2. The van der Waals surface area contributed by atoms with Crippen molar-refractivity contribution in [1.29, 1.82) is 0 Å². The normalized spacial score (nSPS) is 21.3. The molecule has 4 N–H and O–H groups in total. The van der Waals surface area contributed by atoms with Gasteiger partial charge in [0.1, 0.15) is 23.0 Å². The van der Waals surface area contributed by atoms with Gasteiger partial charge in [0.05, 0.1) is 42.5 Å². The van der Waals surface area contributed by atoms with Crippen LogP contribution in [0.3, 0.4) is 0 Å². The predicted molar refractivity (Wildman–Crippen MR) is 144 cm³/mol. The third-order valence-corrected chi connectivity index (χ3v) is 6.99. The molecule has 2 aromatic heterocycles. The SMILES string of the molecule is CC[C@H]1C[C@@H](c2ccncc2NC(=O)c2cccc(-c3c(F)cc(OC(C)C)cc3OC)n2)C[C@@H](N)[C@@H]1O. The van der Waals surface area contributed by atoms with E-state index in [0.717, 1.165) is 18.4 Å². The Kier molecular flexibility index (Phi) is 8.58.